The van der Waals surface area contributed by atoms with Crippen molar-refractivity contribution in [2.45, 2.75) is 71.9 Å². The number of nitrogens with zero attached hydrogens (tertiary/aromatic N) is 9. The first kappa shape index (κ1) is 84.6. The molecule has 31 nitrogen and oxygen atoms in total. The molecule has 40 heteroatoms. The third kappa shape index (κ3) is 20.6. The molecule has 0 saturated heterocycles. The van der Waals surface area contributed by atoms with Crippen LogP contribution in [0.2, 0.25) is 0 Å². The lowest BCUT2D eigenvalue weighted by atomic mass is 10.2. The molecule has 0 aliphatic heterocycles. The highest BCUT2D eigenvalue weighted by atomic mass is 32.2. The van der Waals surface area contributed by atoms with Crippen LogP contribution in [0.3, 0.4) is 0 Å². The van der Waals surface area contributed by atoms with Gasteiger partial charge >= 0.3 is 0 Å². The molecule has 8 aromatic carbocycles. The lowest BCUT2D eigenvalue weighted by Crippen LogP contribution is -2.23. The zero-order valence-corrected chi connectivity index (χ0v) is 69.8. The van der Waals surface area contributed by atoms with E-state index in [4.69, 9.17) is 0 Å². The van der Waals surface area contributed by atoms with Crippen LogP contribution in [0.15, 0.2) is 291 Å². The number of aryl methyl sites for hydroxylation is 1. The molecular weight excluding hydrogens is 1700 g/mol. The molecular formula is C80H70FN17O14S8. The Kier molecular flexibility index (Phi) is 25.8. The van der Waals surface area contributed by atoms with Gasteiger partial charge in [0.2, 0.25) is 23.6 Å². The predicted molar refractivity (Wildman–Crippen MR) is 465 cm³/mol. The molecule has 0 bridgehead atoms. The number of amides is 4. The second-order valence-corrected chi connectivity index (χ2v) is 36.6. The minimum Gasteiger partial charge on any atom is -0.338 e. The number of carbonyl (C=O) groups is 4. The van der Waals surface area contributed by atoms with Crippen LogP contribution in [0.4, 0.5) is 53.4 Å². The number of hydrogen-bond donors (Lipinski definition) is 8. The third-order valence-corrected chi connectivity index (χ3v) is 26.9. The average Bonchev–Trinajstić information content (AvgIpc) is 1.60. The van der Waals surface area contributed by atoms with E-state index < -0.39 is 63.1 Å². The Morgan fingerprint density at radius 2 is 0.775 bits per heavy atom. The normalized spacial score (nSPS) is 12.3. The van der Waals surface area contributed by atoms with Crippen LogP contribution in [0.1, 0.15) is 44.5 Å². The molecule has 0 saturated carbocycles. The Bertz CT molecular complexity index is 6860. The van der Waals surface area contributed by atoms with Crippen molar-refractivity contribution in [2.24, 2.45) is 0 Å². The number of sulfonamides is 4. The van der Waals surface area contributed by atoms with Gasteiger partial charge in [-0.15, -0.1) is 45.3 Å². The molecule has 4 amide bonds. The van der Waals surface area contributed by atoms with Crippen molar-refractivity contribution in [1.82, 2.24) is 38.2 Å². The number of rotatable bonds is 25. The summed E-state index contributed by atoms with van der Waals surface area (Å²) < 4.78 is 130. The average molecular weight is 1770 g/mol. The van der Waals surface area contributed by atoms with Gasteiger partial charge in [0.05, 0.1) is 35.5 Å². The van der Waals surface area contributed by atoms with Crippen LogP contribution in [0, 0.1) is 22.9 Å². The minimum absolute atomic E-state index is 0.0319. The summed E-state index contributed by atoms with van der Waals surface area (Å²) >= 11 is 4.73. The van der Waals surface area contributed by atoms with E-state index in [1.807, 2.05) is 90.8 Å². The lowest BCUT2D eigenvalue weighted by molar-refractivity contribution is -0.384. The van der Waals surface area contributed by atoms with E-state index in [1.165, 1.54) is 150 Å². The van der Waals surface area contributed by atoms with Gasteiger partial charge in [0, 0.05) is 128 Å². The number of carbonyl (C=O) groups excluding carboxylic acids is 4. The molecule has 0 aliphatic carbocycles. The largest absolute Gasteiger partial charge is 0.338 e. The Labute approximate surface area is 701 Å². The number of thiazole rings is 4. The van der Waals surface area contributed by atoms with E-state index in [2.05, 4.69) is 66.2 Å². The minimum atomic E-state index is -3.78. The topological polar surface area (TPSA) is 415 Å². The smallest absolute Gasteiger partial charge is 0.271 e. The number of non-ortho nitro benzene ring substituents is 1. The van der Waals surface area contributed by atoms with Crippen LogP contribution < -0.4 is 40.2 Å². The second kappa shape index (κ2) is 36.7. The van der Waals surface area contributed by atoms with Crippen molar-refractivity contribution in [1.29, 1.82) is 0 Å². The van der Waals surface area contributed by atoms with Crippen LogP contribution in [-0.2, 0) is 65.8 Å². The van der Waals surface area contributed by atoms with Gasteiger partial charge in [-0.1, -0.05) is 35.9 Å². The summed E-state index contributed by atoms with van der Waals surface area (Å²) in [7, 11) is -15.0. The highest BCUT2D eigenvalue weighted by Gasteiger charge is 2.25. The first-order valence-electron chi connectivity index (χ1n) is 35.9. The van der Waals surface area contributed by atoms with Crippen molar-refractivity contribution in [2.75, 3.05) is 40.2 Å². The van der Waals surface area contributed by atoms with Gasteiger partial charge < -0.3 is 39.5 Å². The van der Waals surface area contributed by atoms with Gasteiger partial charge in [-0.3, -0.25) is 48.2 Å². The Morgan fingerprint density at radius 1 is 0.408 bits per heavy atom. The summed E-state index contributed by atoms with van der Waals surface area (Å²) in [4.78, 5) is 76.9. The van der Waals surface area contributed by atoms with Crippen molar-refractivity contribution in [3.63, 3.8) is 0 Å². The SMILES string of the molecule is CC(C(=O)Nc1ccc(S(=O)(=O)Nc2nccs2)cc1)n1ccc2c(F)cccc21.CC(C(=O)Nc1ccc(S(=O)(=O)Nc2nccs2)cc1)n1ccc2ccccc21.Cc1ccc2c(ccn2C(C)C(=O)Nc2ccc(S(=O)(=O)Nc3nccs3)cc2)c1.O=C(Cn1ccc2ccc([N+](=O)[O-])cc21)Nc1ccc(S(=O)(=O)Nc2nccs2)cc1. The van der Waals surface area contributed by atoms with Crippen LogP contribution >= 0.6 is 45.3 Å². The summed E-state index contributed by atoms with van der Waals surface area (Å²) in [6, 6.07) is 52.6. The predicted octanol–water partition coefficient (Wildman–Crippen LogP) is 16.2. The highest BCUT2D eigenvalue weighted by Crippen LogP contribution is 2.31. The van der Waals surface area contributed by atoms with Gasteiger partial charge in [0.25, 0.3) is 45.8 Å². The van der Waals surface area contributed by atoms with Crippen molar-refractivity contribution >= 4 is 202 Å². The molecule has 614 valence electrons. The first-order valence-corrected chi connectivity index (χ1v) is 45.3. The maximum absolute atomic E-state index is 13.9. The zero-order chi connectivity index (χ0) is 85.0. The van der Waals surface area contributed by atoms with Gasteiger partial charge in [0.1, 0.15) is 30.5 Å². The van der Waals surface area contributed by atoms with Crippen LogP contribution in [-0.4, -0.2) is 100 Å². The van der Waals surface area contributed by atoms with Gasteiger partial charge in [-0.25, -0.2) is 58.0 Å². The summed E-state index contributed by atoms with van der Waals surface area (Å²) in [6.07, 6.45) is 13.2. The van der Waals surface area contributed by atoms with Crippen molar-refractivity contribution in [3.05, 3.63) is 293 Å². The number of aromatic nitrogens is 8. The molecule has 0 radical (unpaired) electrons. The number of hydrogen-bond acceptors (Lipinski definition) is 22. The fraction of sp³-hybridized carbons (Fsp3) is 0.100. The number of fused-ring (bicyclic) bond motifs is 4. The molecule has 8 aromatic heterocycles. The second-order valence-electron chi connectivity index (χ2n) is 26.3. The van der Waals surface area contributed by atoms with Crippen molar-refractivity contribution in [3.8, 4) is 0 Å². The molecule has 16 rings (SSSR count). The van der Waals surface area contributed by atoms with E-state index in [0.29, 0.717) is 49.4 Å². The third-order valence-electron chi connectivity index (χ3n) is 18.2. The Hall–Kier alpha value is -13.4. The zero-order valence-electron chi connectivity index (χ0n) is 63.3. The molecule has 8 heterocycles. The molecule has 0 aliphatic rings. The Balaban J connectivity index is 0.000000138. The quantitative estimate of drug-likeness (QED) is 0.0195. The molecule has 16 aromatic rings. The number of nitro benzene ring substituents is 1. The van der Waals surface area contributed by atoms with E-state index in [-0.39, 0.29) is 71.5 Å². The van der Waals surface area contributed by atoms with E-state index in [1.54, 1.807) is 105 Å². The molecule has 0 fully saturated rings. The summed E-state index contributed by atoms with van der Waals surface area (Å²) in [5, 5.41) is 33.3. The molecule has 3 unspecified atom stereocenters. The molecule has 8 N–H and O–H groups in total. The lowest BCUT2D eigenvalue weighted by Gasteiger charge is -2.16. The highest BCUT2D eigenvalue weighted by molar-refractivity contribution is 7.93. The number of halogens is 1. The van der Waals surface area contributed by atoms with Crippen LogP contribution in [0.25, 0.3) is 43.6 Å². The summed E-state index contributed by atoms with van der Waals surface area (Å²) in [5.41, 5.74) is 6.16. The van der Waals surface area contributed by atoms with E-state index in [0.717, 1.165) is 44.1 Å². The number of anilines is 8. The standard InChI is InChI=1S/C21H20N4O3S2.C20H17FN4O3S2.C20H18N4O3S2.C19H15N5O5S2/c1-14-3-8-19-16(13-14)9-11-25(19)15(2)20(26)23-17-4-6-18(7-5-17)30(27,28)24-21-22-10-12-29-21;1-13(25-11-9-16-17(21)3-2-4-18(16)25)19(26)23-14-5-7-15(8-6-14)30(27,28)24-20-22-10-12-29-20;1-14(24-12-10-15-4-2-3-5-18(15)24)19(25)22-16-6-8-17(9-7-16)29(26,27)23-20-21-11-13-28-20;25-18(12-23-9-7-13-1-4-15(24(26)27)11-17(13)23)21-14-2-5-16(6-3-14)31(28,29)22-19-20-8-10-30-19/h3-13,15H,1-2H3,(H,22,24)(H,23,26);2-13H,1H3,(H,22,24)(H,23,26);2-14H,1H3,(H,21,23)(H,22,25);1-11H,12H2,(H,20,22)(H,21,25). The number of nitrogens with one attached hydrogen (secondary N) is 8. The van der Waals surface area contributed by atoms with Crippen molar-refractivity contribution < 1.29 is 62.2 Å². The van der Waals surface area contributed by atoms with Crippen LogP contribution in [0.5, 0.6) is 0 Å². The molecule has 120 heavy (non-hydrogen) atoms. The number of nitro groups is 1. The van der Waals surface area contributed by atoms with E-state index >= 15 is 0 Å². The number of para-hydroxylation sites is 1. The van der Waals surface area contributed by atoms with Gasteiger partial charge in [0.15, 0.2) is 20.5 Å². The maximum Gasteiger partial charge on any atom is 0.271 e. The summed E-state index contributed by atoms with van der Waals surface area (Å²) in [6.45, 7) is 7.32. The fourth-order valence-electron chi connectivity index (χ4n) is 12.1. The first-order chi connectivity index (χ1) is 57.4. The fourth-order valence-corrected chi connectivity index (χ4v) is 19.3. The van der Waals surface area contributed by atoms with Gasteiger partial charge in [-0.2, -0.15) is 0 Å². The maximum atomic E-state index is 13.9. The number of benzene rings is 8. The Morgan fingerprint density at radius 3 is 1.19 bits per heavy atom. The van der Waals surface area contributed by atoms with E-state index in [9.17, 15) is 67.4 Å². The molecule has 0 spiro atoms. The molecule has 3 atom stereocenters. The summed E-state index contributed by atoms with van der Waals surface area (Å²) in [5.74, 6) is -1.40. The van der Waals surface area contributed by atoms with Gasteiger partial charge in [-0.05, 0) is 196 Å². The monoisotopic (exact) mass is 1770 g/mol.